The third kappa shape index (κ3) is 4.26. The molecule has 0 atom stereocenters. The maximum Gasteiger partial charge on any atom is 0.123 e. The van der Waals surface area contributed by atoms with Crippen molar-refractivity contribution in [3.63, 3.8) is 0 Å². The van der Waals surface area contributed by atoms with Gasteiger partial charge in [-0.3, -0.25) is 0 Å². The van der Waals surface area contributed by atoms with Crippen LogP contribution in [-0.2, 0) is 11.3 Å². The molecule has 0 bridgehead atoms. The maximum atomic E-state index is 12.8. The summed E-state index contributed by atoms with van der Waals surface area (Å²) in [5, 5.41) is 0.666. The van der Waals surface area contributed by atoms with E-state index in [0.29, 0.717) is 5.25 Å². The zero-order valence-electron chi connectivity index (χ0n) is 10.8. The van der Waals surface area contributed by atoms with Crippen molar-refractivity contribution in [1.82, 2.24) is 4.31 Å². The van der Waals surface area contributed by atoms with Crippen LogP contribution in [0.4, 0.5) is 4.39 Å². The van der Waals surface area contributed by atoms with Crippen molar-refractivity contribution in [2.24, 2.45) is 0 Å². The van der Waals surface area contributed by atoms with Gasteiger partial charge in [-0.1, -0.05) is 31.0 Å². The minimum atomic E-state index is -0.168. The van der Waals surface area contributed by atoms with Crippen LogP contribution in [0.3, 0.4) is 0 Å². The predicted octanol–water partition coefficient (Wildman–Crippen LogP) is 3.47. The molecular weight excluding hydrogens is 249 g/mol. The van der Waals surface area contributed by atoms with Crippen molar-refractivity contribution in [2.45, 2.75) is 31.6 Å². The van der Waals surface area contributed by atoms with Crippen LogP contribution in [0.5, 0.6) is 0 Å². The van der Waals surface area contributed by atoms with Crippen LogP contribution in [0.1, 0.15) is 25.3 Å². The molecule has 1 aliphatic rings. The fourth-order valence-corrected chi connectivity index (χ4v) is 3.21. The largest absolute Gasteiger partial charge is 0.381 e. The van der Waals surface area contributed by atoms with Crippen LogP contribution in [0.15, 0.2) is 24.3 Å². The Morgan fingerprint density at radius 2 is 1.94 bits per heavy atom. The first kappa shape index (κ1) is 13.8. The molecule has 1 aromatic carbocycles. The molecule has 0 N–H and O–H groups in total. The van der Waals surface area contributed by atoms with Gasteiger partial charge in [-0.2, -0.15) is 0 Å². The average molecular weight is 269 g/mol. The highest BCUT2D eigenvalue weighted by Crippen LogP contribution is 2.26. The van der Waals surface area contributed by atoms with Gasteiger partial charge in [0.25, 0.3) is 0 Å². The molecule has 1 fully saturated rings. The Morgan fingerprint density at radius 1 is 1.28 bits per heavy atom. The maximum absolute atomic E-state index is 12.8. The summed E-state index contributed by atoms with van der Waals surface area (Å²) in [6.07, 6.45) is 2.26. The van der Waals surface area contributed by atoms with E-state index in [1.807, 2.05) is 24.1 Å². The van der Waals surface area contributed by atoms with E-state index in [9.17, 15) is 4.39 Å². The van der Waals surface area contributed by atoms with Gasteiger partial charge in [-0.25, -0.2) is 8.70 Å². The van der Waals surface area contributed by atoms with Crippen molar-refractivity contribution in [2.75, 3.05) is 19.8 Å². The van der Waals surface area contributed by atoms with Crippen LogP contribution < -0.4 is 0 Å². The molecule has 18 heavy (non-hydrogen) atoms. The Morgan fingerprint density at radius 3 is 2.56 bits per heavy atom. The number of rotatable bonds is 5. The van der Waals surface area contributed by atoms with Gasteiger partial charge >= 0.3 is 0 Å². The fourth-order valence-electron chi connectivity index (χ4n) is 2.01. The average Bonchev–Trinajstić information content (AvgIpc) is 2.41. The number of hydrogen-bond donors (Lipinski definition) is 0. The molecule has 0 aromatic heterocycles. The van der Waals surface area contributed by atoms with Crippen molar-refractivity contribution in [3.8, 4) is 0 Å². The summed E-state index contributed by atoms with van der Waals surface area (Å²) in [6.45, 7) is 5.80. The Kier molecular flexibility index (Phi) is 5.47. The summed E-state index contributed by atoms with van der Waals surface area (Å²) < 4.78 is 20.6. The molecule has 1 heterocycles. The Labute approximate surface area is 113 Å². The number of nitrogens with zero attached hydrogens (tertiary/aromatic N) is 1. The molecule has 2 rings (SSSR count). The highest BCUT2D eigenvalue weighted by atomic mass is 32.2. The molecule has 0 spiro atoms. The Balaban J connectivity index is 1.86. The van der Waals surface area contributed by atoms with E-state index in [-0.39, 0.29) is 5.82 Å². The summed E-state index contributed by atoms with van der Waals surface area (Å²) in [5.74, 6) is -0.168. The summed E-state index contributed by atoms with van der Waals surface area (Å²) >= 11 is 1.92. The normalized spacial score (nSPS) is 17.3. The molecule has 0 aliphatic carbocycles. The predicted molar refractivity (Wildman–Crippen MR) is 73.9 cm³/mol. The van der Waals surface area contributed by atoms with E-state index in [1.165, 1.54) is 12.1 Å². The van der Waals surface area contributed by atoms with Crippen LogP contribution in [0.2, 0.25) is 0 Å². The molecular formula is C14H20FNOS. The van der Waals surface area contributed by atoms with Crippen LogP contribution in [0, 0.1) is 5.82 Å². The van der Waals surface area contributed by atoms with Gasteiger partial charge in [0.15, 0.2) is 0 Å². The molecule has 1 aromatic rings. The van der Waals surface area contributed by atoms with Crippen LogP contribution >= 0.6 is 11.9 Å². The minimum absolute atomic E-state index is 0.168. The lowest BCUT2D eigenvalue weighted by atomic mass is 10.2. The molecule has 2 nitrogen and oxygen atoms in total. The molecule has 0 saturated carbocycles. The number of hydrogen-bond acceptors (Lipinski definition) is 3. The highest BCUT2D eigenvalue weighted by molar-refractivity contribution is 7.97. The first-order valence-corrected chi connectivity index (χ1v) is 7.35. The third-order valence-electron chi connectivity index (χ3n) is 3.09. The second-order valence-corrected chi connectivity index (χ2v) is 5.89. The number of benzene rings is 1. The van der Waals surface area contributed by atoms with Crippen LogP contribution in [0.25, 0.3) is 0 Å². The molecule has 4 heteroatoms. The standard InChI is InChI=1S/C14H20FNOS/c1-2-16(18-14-7-9-17-10-8-14)11-12-3-5-13(15)6-4-12/h3-6,14H,2,7-11H2,1H3. The van der Waals surface area contributed by atoms with Crippen molar-refractivity contribution in [3.05, 3.63) is 35.6 Å². The van der Waals surface area contributed by atoms with Crippen molar-refractivity contribution >= 4 is 11.9 Å². The lowest BCUT2D eigenvalue weighted by Gasteiger charge is -2.28. The van der Waals surface area contributed by atoms with E-state index in [1.54, 1.807) is 0 Å². The fraction of sp³-hybridized carbons (Fsp3) is 0.571. The van der Waals surface area contributed by atoms with Gasteiger partial charge < -0.3 is 4.74 Å². The Hall–Kier alpha value is -0.580. The topological polar surface area (TPSA) is 12.5 Å². The summed E-state index contributed by atoms with van der Waals surface area (Å²) in [4.78, 5) is 0. The van der Waals surface area contributed by atoms with E-state index >= 15 is 0 Å². The SMILES string of the molecule is CCN(Cc1ccc(F)cc1)SC1CCOCC1. The molecule has 1 aliphatic heterocycles. The van der Waals surface area contributed by atoms with Gasteiger partial charge in [0.2, 0.25) is 0 Å². The minimum Gasteiger partial charge on any atom is -0.381 e. The highest BCUT2D eigenvalue weighted by Gasteiger charge is 2.17. The zero-order chi connectivity index (χ0) is 12.8. The van der Waals surface area contributed by atoms with Gasteiger partial charge in [-0.15, -0.1) is 0 Å². The first-order valence-electron chi connectivity index (χ1n) is 6.52. The Bertz CT molecular complexity index is 351. The second kappa shape index (κ2) is 7.12. The molecule has 100 valence electrons. The van der Waals surface area contributed by atoms with E-state index < -0.39 is 0 Å². The second-order valence-electron chi connectivity index (χ2n) is 4.50. The van der Waals surface area contributed by atoms with Crippen LogP contribution in [-0.4, -0.2) is 29.3 Å². The lowest BCUT2D eigenvalue weighted by molar-refractivity contribution is 0.0994. The lowest BCUT2D eigenvalue weighted by Crippen LogP contribution is -2.24. The van der Waals surface area contributed by atoms with E-state index in [2.05, 4.69) is 11.2 Å². The number of halogens is 1. The van der Waals surface area contributed by atoms with E-state index in [0.717, 1.165) is 44.7 Å². The molecule has 0 unspecified atom stereocenters. The van der Waals surface area contributed by atoms with Gasteiger partial charge in [-0.05, 0) is 30.5 Å². The van der Waals surface area contributed by atoms with Crippen molar-refractivity contribution in [1.29, 1.82) is 0 Å². The molecule has 1 saturated heterocycles. The smallest absolute Gasteiger partial charge is 0.123 e. The first-order chi connectivity index (χ1) is 8.78. The quantitative estimate of drug-likeness (QED) is 0.759. The summed E-state index contributed by atoms with van der Waals surface area (Å²) in [6, 6.07) is 6.79. The third-order valence-corrected chi connectivity index (χ3v) is 4.55. The molecule has 0 radical (unpaired) electrons. The van der Waals surface area contributed by atoms with Gasteiger partial charge in [0.05, 0.1) is 0 Å². The summed E-state index contributed by atoms with van der Waals surface area (Å²) in [7, 11) is 0. The number of ether oxygens (including phenoxy) is 1. The van der Waals surface area contributed by atoms with Gasteiger partial charge in [0.1, 0.15) is 5.82 Å². The van der Waals surface area contributed by atoms with Gasteiger partial charge in [0, 0.05) is 31.6 Å². The zero-order valence-corrected chi connectivity index (χ0v) is 11.6. The van der Waals surface area contributed by atoms with E-state index in [4.69, 9.17) is 4.74 Å². The summed E-state index contributed by atoms with van der Waals surface area (Å²) in [5.41, 5.74) is 1.16. The monoisotopic (exact) mass is 269 g/mol. The van der Waals surface area contributed by atoms with Crippen molar-refractivity contribution < 1.29 is 9.13 Å². The molecule has 0 amide bonds.